The molecule has 0 aromatic heterocycles. The molecule has 0 amide bonds. The second-order valence-electron chi connectivity index (χ2n) is 3.57. The minimum atomic E-state index is 0.819. The molecule has 1 heteroatoms. The number of quaternary nitrogens is 1. The van der Waals surface area contributed by atoms with Gasteiger partial charge < -0.3 is 5.32 Å². The third-order valence-electron chi connectivity index (χ3n) is 2.64. The van der Waals surface area contributed by atoms with Crippen LogP contribution >= 0.6 is 0 Å². The molecule has 1 aromatic carbocycles. The molecule has 0 fully saturated rings. The van der Waals surface area contributed by atoms with Crippen molar-refractivity contribution in [2.75, 3.05) is 6.54 Å². The first-order chi connectivity index (χ1) is 5.90. The highest BCUT2D eigenvalue weighted by atomic mass is 14.8. The molecule has 1 aliphatic rings. The normalized spacial score (nSPS) is 16.4. The number of hydrogen-bond donors (Lipinski definition) is 1. The lowest BCUT2D eigenvalue weighted by molar-refractivity contribution is -0.601. The molecule has 0 heterocycles. The van der Waals surface area contributed by atoms with Crippen molar-refractivity contribution in [3.8, 4) is 0 Å². The molecule has 1 aromatic rings. The molecule has 0 aliphatic heterocycles. The number of nitrogens with two attached hydrogens (primary N) is 1. The van der Waals surface area contributed by atoms with Crippen LogP contribution in [-0.4, -0.2) is 6.54 Å². The molecule has 0 spiro atoms. The molecule has 1 aliphatic carbocycles. The predicted molar refractivity (Wildman–Crippen MR) is 49.5 cm³/mol. The van der Waals surface area contributed by atoms with Crippen molar-refractivity contribution in [2.24, 2.45) is 5.92 Å². The first-order valence-electron chi connectivity index (χ1n) is 4.58. The zero-order valence-corrected chi connectivity index (χ0v) is 7.29. The van der Waals surface area contributed by atoms with E-state index in [1.54, 1.807) is 11.1 Å². The monoisotopic (exact) mass is 161 g/mol. The Balaban J connectivity index is 2.11. The molecular weight excluding hydrogens is 146 g/mol. The zero-order valence-electron chi connectivity index (χ0n) is 7.29. The number of rotatable bonds is 2. The quantitative estimate of drug-likeness (QED) is 0.617. The van der Waals surface area contributed by atoms with Crippen LogP contribution in [-0.2, 0) is 12.8 Å². The van der Waals surface area contributed by atoms with Crippen molar-refractivity contribution in [2.45, 2.75) is 12.8 Å². The van der Waals surface area contributed by atoms with Crippen molar-refractivity contribution in [1.29, 1.82) is 0 Å². The summed E-state index contributed by atoms with van der Waals surface area (Å²) < 4.78 is 0. The number of fused-ring (bicyclic) bond motifs is 1. The highest BCUT2D eigenvalue weighted by Gasteiger charge is 2.20. The molecule has 1 nitrogen and oxygen atoms in total. The van der Waals surface area contributed by atoms with Gasteiger partial charge in [0.25, 0.3) is 0 Å². The fourth-order valence-corrected chi connectivity index (χ4v) is 2.05. The first-order valence-corrected chi connectivity index (χ1v) is 4.58. The van der Waals surface area contributed by atoms with Gasteiger partial charge in [-0.25, -0.2) is 0 Å². The molecule has 64 valence electrons. The smallest absolute Gasteiger partial charge is 0.0550 e. The molecule has 0 atom stereocenters. The maximum absolute atomic E-state index is 3.79. The molecule has 12 heavy (non-hydrogen) atoms. The SMILES string of the molecule is [CH2-][NH2+]CC1Cc2ccccc2C1. The summed E-state index contributed by atoms with van der Waals surface area (Å²) in [5, 5.41) is 2.04. The Kier molecular flexibility index (Phi) is 2.13. The Morgan fingerprint density at radius 1 is 1.25 bits per heavy atom. The molecule has 2 rings (SSSR count). The Bertz CT molecular complexity index is 242. The summed E-state index contributed by atoms with van der Waals surface area (Å²) in [7, 11) is 3.79. The fourth-order valence-electron chi connectivity index (χ4n) is 2.05. The van der Waals surface area contributed by atoms with Crippen LogP contribution in [0.3, 0.4) is 0 Å². The van der Waals surface area contributed by atoms with Gasteiger partial charge in [0.15, 0.2) is 0 Å². The van der Waals surface area contributed by atoms with Crippen molar-refractivity contribution in [3.63, 3.8) is 0 Å². The molecule has 0 bridgehead atoms. The molecule has 2 N–H and O–H groups in total. The minimum absolute atomic E-state index is 0.819. The van der Waals surface area contributed by atoms with Crippen molar-refractivity contribution in [3.05, 3.63) is 42.4 Å². The van der Waals surface area contributed by atoms with E-state index in [4.69, 9.17) is 0 Å². The van der Waals surface area contributed by atoms with Gasteiger partial charge in [-0.3, -0.25) is 0 Å². The van der Waals surface area contributed by atoms with Gasteiger partial charge in [0.1, 0.15) is 0 Å². The van der Waals surface area contributed by atoms with Crippen LogP contribution < -0.4 is 5.32 Å². The van der Waals surface area contributed by atoms with Gasteiger partial charge >= 0.3 is 0 Å². The van der Waals surface area contributed by atoms with Gasteiger partial charge in [-0.1, -0.05) is 24.3 Å². The highest BCUT2D eigenvalue weighted by Crippen LogP contribution is 2.24. The summed E-state index contributed by atoms with van der Waals surface area (Å²) in [6.45, 7) is 1.16. The van der Waals surface area contributed by atoms with Crippen LogP contribution in [0.25, 0.3) is 0 Å². The van der Waals surface area contributed by atoms with Crippen molar-refractivity contribution in [1.82, 2.24) is 0 Å². The van der Waals surface area contributed by atoms with Gasteiger partial charge in [0, 0.05) is 5.92 Å². The van der Waals surface area contributed by atoms with E-state index in [-0.39, 0.29) is 0 Å². The third-order valence-corrected chi connectivity index (χ3v) is 2.64. The van der Waals surface area contributed by atoms with E-state index in [1.165, 1.54) is 12.8 Å². The molecule has 0 radical (unpaired) electrons. The average Bonchev–Trinajstić information content (AvgIpc) is 2.47. The van der Waals surface area contributed by atoms with Crippen LogP contribution in [0.5, 0.6) is 0 Å². The highest BCUT2D eigenvalue weighted by molar-refractivity contribution is 5.31. The summed E-state index contributed by atoms with van der Waals surface area (Å²) in [5.74, 6) is 0.819. The topological polar surface area (TPSA) is 16.6 Å². The third kappa shape index (κ3) is 1.37. The minimum Gasteiger partial charge on any atom is -0.479 e. The average molecular weight is 161 g/mol. The van der Waals surface area contributed by atoms with E-state index in [2.05, 4.69) is 31.3 Å². The lowest BCUT2D eigenvalue weighted by Crippen LogP contribution is -2.78. The number of hydrogen-bond acceptors (Lipinski definition) is 0. The van der Waals surface area contributed by atoms with Gasteiger partial charge in [0.2, 0.25) is 0 Å². The van der Waals surface area contributed by atoms with Gasteiger partial charge in [-0.15, -0.1) is 0 Å². The van der Waals surface area contributed by atoms with E-state index in [0.29, 0.717) is 0 Å². The Morgan fingerprint density at radius 3 is 2.33 bits per heavy atom. The second-order valence-corrected chi connectivity index (χ2v) is 3.57. The predicted octanol–water partition coefficient (Wildman–Crippen LogP) is 0.756. The van der Waals surface area contributed by atoms with Gasteiger partial charge in [-0.05, 0) is 24.0 Å². The fraction of sp³-hybridized carbons (Fsp3) is 0.364. The van der Waals surface area contributed by atoms with Crippen LogP contribution in [0.15, 0.2) is 24.3 Å². The Labute approximate surface area is 73.8 Å². The van der Waals surface area contributed by atoms with E-state index >= 15 is 0 Å². The van der Waals surface area contributed by atoms with Crippen LogP contribution in [0.2, 0.25) is 0 Å². The molecule has 0 saturated heterocycles. The molecular formula is C11H15N. The Hall–Kier alpha value is -0.820. The van der Waals surface area contributed by atoms with E-state index < -0.39 is 0 Å². The summed E-state index contributed by atoms with van der Waals surface area (Å²) in [6, 6.07) is 8.76. The van der Waals surface area contributed by atoms with Gasteiger partial charge in [-0.2, -0.15) is 7.05 Å². The van der Waals surface area contributed by atoms with Crippen molar-refractivity contribution >= 4 is 0 Å². The summed E-state index contributed by atoms with van der Waals surface area (Å²) in [6.07, 6.45) is 2.50. The van der Waals surface area contributed by atoms with E-state index in [1.807, 2.05) is 5.32 Å². The van der Waals surface area contributed by atoms with Crippen LogP contribution in [0, 0.1) is 13.0 Å². The number of benzene rings is 1. The lowest BCUT2D eigenvalue weighted by Gasteiger charge is -2.06. The molecule has 0 saturated carbocycles. The van der Waals surface area contributed by atoms with Crippen LogP contribution in [0.4, 0.5) is 0 Å². The van der Waals surface area contributed by atoms with E-state index in [0.717, 1.165) is 12.5 Å². The zero-order chi connectivity index (χ0) is 8.39. The van der Waals surface area contributed by atoms with Crippen molar-refractivity contribution < 1.29 is 5.32 Å². The summed E-state index contributed by atoms with van der Waals surface area (Å²) in [4.78, 5) is 0. The summed E-state index contributed by atoms with van der Waals surface area (Å²) in [5.41, 5.74) is 3.09. The lowest BCUT2D eigenvalue weighted by atomic mass is 10.1. The maximum atomic E-state index is 3.79. The first kappa shape index (κ1) is 7.81. The summed E-state index contributed by atoms with van der Waals surface area (Å²) >= 11 is 0. The van der Waals surface area contributed by atoms with Gasteiger partial charge in [0.05, 0.1) is 6.54 Å². The Morgan fingerprint density at radius 2 is 1.83 bits per heavy atom. The van der Waals surface area contributed by atoms with Crippen LogP contribution in [0.1, 0.15) is 11.1 Å². The van der Waals surface area contributed by atoms with E-state index in [9.17, 15) is 0 Å². The standard InChI is InChI=1S/C11H15N/c1-12-8-9-6-10-4-2-3-5-11(10)7-9/h2-5,9H,1,6-8,12H2. The second kappa shape index (κ2) is 3.28. The molecule has 0 unspecified atom stereocenters. The maximum Gasteiger partial charge on any atom is 0.0550 e. The largest absolute Gasteiger partial charge is 0.479 e.